The fourth-order valence-corrected chi connectivity index (χ4v) is 2.68. The van der Waals surface area contributed by atoms with Gasteiger partial charge in [0.1, 0.15) is 5.76 Å². The number of halogens is 1. The molecule has 0 aliphatic heterocycles. The first-order valence-corrected chi connectivity index (χ1v) is 6.09. The second-order valence-electron chi connectivity index (χ2n) is 2.91. The highest BCUT2D eigenvalue weighted by atomic mass is 79.9. The van der Waals surface area contributed by atoms with E-state index in [2.05, 4.69) is 20.9 Å². The summed E-state index contributed by atoms with van der Waals surface area (Å²) in [5.74, 6) is 1.70. The summed E-state index contributed by atoms with van der Waals surface area (Å²) in [6.45, 7) is 0. The number of nitrogen functional groups attached to an aromatic ring is 1. The molecule has 78 valence electrons. The molecular formula is C10H9BrN2OS. The second-order valence-corrected chi connectivity index (χ2v) is 4.75. The van der Waals surface area contributed by atoms with Gasteiger partial charge in [0.25, 0.3) is 0 Å². The molecule has 0 aliphatic carbocycles. The van der Waals surface area contributed by atoms with E-state index in [1.54, 1.807) is 30.4 Å². The van der Waals surface area contributed by atoms with Crippen molar-refractivity contribution in [1.29, 1.82) is 0 Å². The van der Waals surface area contributed by atoms with Crippen molar-refractivity contribution in [2.75, 3.05) is 5.73 Å². The zero-order chi connectivity index (χ0) is 10.7. The molecule has 5 heteroatoms. The maximum atomic E-state index is 5.82. The van der Waals surface area contributed by atoms with Crippen LogP contribution in [0.1, 0.15) is 5.76 Å². The van der Waals surface area contributed by atoms with Crippen LogP contribution in [-0.4, -0.2) is 4.98 Å². The summed E-state index contributed by atoms with van der Waals surface area (Å²) in [6, 6.07) is 3.82. The SMILES string of the molecule is Nc1cncc(Br)c1SCc1ccco1. The van der Waals surface area contributed by atoms with Crippen molar-refractivity contribution in [2.24, 2.45) is 0 Å². The second kappa shape index (κ2) is 4.72. The fraction of sp³-hybridized carbons (Fsp3) is 0.100. The van der Waals surface area contributed by atoms with Gasteiger partial charge < -0.3 is 10.2 Å². The molecule has 0 spiro atoms. The molecule has 0 radical (unpaired) electrons. The van der Waals surface area contributed by atoms with E-state index >= 15 is 0 Å². The lowest BCUT2D eigenvalue weighted by atomic mass is 10.4. The Labute approximate surface area is 100 Å². The number of anilines is 1. The Kier molecular flexibility index (Phi) is 3.33. The third-order valence-electron chi connectivity index (χ3n) is 1.82. The van der Waals surface area contributed by atoms with Crippen LogP contribution in [0.4, 0.5) is 5.69 Å². The Morgan fingerprint density at radius 3 is 3.00 bits per heavy atom. The number of hydrogen-bond donors (Lipinski definition) is 1. The Morgan fingerprint density at radius 2 is 2.33 bits per heavy atom. The molecule has 2 heterocycles. The zero-order valence-corrected chi connectivity index (χ0v) is 10.2. The third kappa shape index (κ3) is 2.54. The van der Waals surface area contributed by atoms with Gasteiger partial charge in [0.2, 0.25) is 0 Å². The molecule has 0 bridgehead atoms. The van der Waals surface area contributed by atoms with Crippen LogP contribution < -0.4 is 5.73 Å². The standard InChI is InChI=1S/C10H9BrN2OS/c11-8-4-13-5-9(12)10(8)15-6-7-2-1-3-14-7/h1-5H,6,12H2. The normalized spacial score (nSPS) is 10.5. The Balaban J connectivity index is 2.11. The van der Waals surface area contributed by atoms with Crippen molar-refractivity contribution < 1.29 is 4.42 Å². The first-order chi connectivity index (χ1) is 7.27. The van der Waals surface area contributed by atoms with Gasteiger partial charge in [-0.05, 0) is 28.1 Å². The monoisotopic (exact) mass is 284 g/mol. The molecule has 3 nitrogen and oxygen atoms in total. The molecule has 0 aromatic carbocycles. The molecule has 0 saturated heterocycles. The van der Waals surface area contributed by atoms with Gasteiger partial charge in [-0.2, -0.15) is 0 Å². The summed E-state index contributed by atoms with van der Waals surface area (Å²) in [7, 11) is 0. The van der Waals surface area contributed by atoms with E-state index < -0.39 is 0 Å². The van der Waals surface area contributed by atoms with Crippen molar-refractivity contribution in [3.05, 3.63) is 41.0 Å². The Hall–Kier alpha value is -0.940. The van der Waals surface area contributed by atoms with E-state index in [1.165, 1.54) is 0 Å². The molecule has 2 aromatic rings. The van der Waals surface area contributed by atoms with Crippen LogP contribution in [-0.2, 0) is 5.75 Å². The summed E-state index contributed by atoms with van der Waals surface area (Å²) < 4.78 is 6.16. The van der Waals surface area contributed by atoms with E-state index in [1.807, 2.05) is 12.1 Å². The number of pyridine rings is 1. The van der Waals surface area contributed by atoms with Crippen LogP contribution in [0.3, 0.4) is 0 Å². The van der Waals surface area contributed by atoms with Crippen LogP contribution >= 0.6 is 27.7 Å². The van der Waals surface area contributed by atoms with Crippen LogP contribution in [0.25, 0.3) is 0 Å². The van der Waals surface area contributed by atoms with Gasteiger partial charge in [0.05, 0.1) is 28.4 Å². The number of aromatic nitrogens is 1. The lowest BCUT2D eigenvalue weighted by Crippen LogP contribution is -1.91. The molecule has 0 amide bonds. The number of rotatable bonds is 3. The van der Waals surface area contributed by atoms with Gasteiger partial charge >= 0.3 is 0 Å². The third-order valence-corrected chi connectivity index (χ3v) is 3.86. The number of thioether (sulfide) groups is 1. The minimum Gasteiger partial charge on any atom is -0.468 e. The summed E-state index contributed by atoms with van der Waals surface area (Å²) in [6.07, 6.45) is 5.05. The van der Waals surface area contributed by atoms with Crippen LogP contribution in [0.5, 0.6) is 0 Å². The maximum Gasteiger partial charge on any atom is 0.114 e. The number of hydrogen-bond acceptors (Lipinski definition) is 4. The van der Waals surface area contributed by atoms with E-state index in [0.717, 1.165) is 20.9 Å². The van der Waals surface area contributed by atoms with Crippen molar-refractivity contribution in [3.8, 4) is 0 Å². The van der Waals surface area contributed by atoms with Crippen molar-refractivity contribution >= 4 is 33.4 Å². The molecule has 0 unspecified atom stereocenters. The van der Waals surface area contributed by atoms with Crippen molar-refractivity contribution in [2.45, 2.75) is 10.6 Å². The quantitative estimate of drug-likeness (QED) is 0.879. The summed E-state index contributed by atoms with van der Waals surface area (Å²) in [4.78, 5) is 4.98. The largest absolute Gasteiger partial charge is 0.468 e. The highest BCUT2D eigenvalue weighted by Gasteiger charge is 2.06. The zero-order valence-electron chi connectivity index (χ0n) is 7.81. The average molecular weight is 285 g/mol. The molecule has 2 N–H and O–H groups in total. The molecule has 0 fully saturated rings. The smallest absolute Gasteiger partial charge is 0.114 e. The molecule has 2 rings (SSSR count). The maximum absolute atomic E-state index is 5.82. The topological polar surface area (TPSA) is 52.0 Å². The van der Waals surface area contributed by atoms with Gasteiger partial charge in [-0.1, -0.05) is 0 Å². The number of nitrogens with zero attached hydrogens (tertiary/aromatic N) is 1. The van der Waals surface area contributed by atoms with E-state index in [0.29, 0.717) is 5.69 Å². The predicted octanol–water partition coefficient (Wildman–Crippen LogP) is 3.31. The van der Waals surface area contributed by atoms with Crippen LogP contribution in [0.2, 0.25) is 0 Å². The highest BCUT2D eigenvalue weighted by Crippen LogP contribution is 2.33. The molecule has 0 atom stereocenters. The Bertz CT molecular complexity index is 424. The minimum atomic E-state index is 0.681. The average Bonchev–Trinajstić information content (AvgIpc) is 2.70. The van der Waals surface area contributed by atoms with Crippen LogP contribution in [0, 0.1) is 0 Å². The van der Waals surface area contributed by atoms with E-state index in [9.17, 15) is 0 Å². The minimum absolute atomic E-state index is 0.681. The first kappa shape index (κ1) is 10.6. The lowest BCUT2D eigenvalue weighted by Gasteiger charge is -2.05. The van der Waals surface area contributed by atoms with E-state index in [-0.39, 0.29) is 0 Å². The molecule has 2 aromatic heterocycles. The number of nitrogens with two attached hydrogens (primary N) is 1. The highest BCUT2D eigenvalue weighted by molar-refractivity contribution is 9.10. The lowest BCUT2D eigenvalue weighted by molar-refractivity contribution is 0.530. The first-order valence-electron chi connectivity index (χ1n) is 4.31. The van der Waals surface area contributed by atoms with E-state index in [4.69, 9.17) is 10.2 Å². The summed E-state index contributed by atoms with van der Waals surface area (Å²) >= 11 is 5.04. The molecule has 0 saturated carbocycles. The molecule has 15 heavy (non-hydrogen) atoms. The summed E-state index contributed by atoms with van der Waals surface area (Å²) in [5, 5.41) is 0. The van der Waals surface area contributed by atoms with Gasteiger partial charge in [0, 0.05) is 11.1 Å². The molecular weight excluding hydrogens is 276 g/mol. The fourth-order valence-electron chi connectivity index (χ4n) is 1.13. The summed E-state index contributed by atoms with van der Waals surface area (Å²) in [5.41, 5.74) is 6.50. The Morgan fingerprint density at radius 1 is 1.47 bits per heavy atom. The predicted molar refractivity (Wildman–Crippen MR) is 64.6 cm³/mol. The van der Waals surface area contributed by atoms with Crippen LogP contribution in [0.15, 0.2) is 44.6 Å². The van der Waals surface area contributed by atoms with Gasteiger partial charge in [-0.3, -0.25) is 4.98 Å². The molecule has 0 aliphatic rings. The van der Waals surface area contributed by atoms with Gasteiger partial charge in [0.15, 0.2) is 0 Å². The van der Waals surface area contributed by atoms with Crippen molar-refractivity contribution in [1.82, 2.24) is 4.98 Å². The van der Waals surface area contributed by atoms with Gasteiger partial charge in [-0.15, -0.1) is 11.8 Å². The number of furan rings is 1. The van der Waals surface area contributed by atoms with Gasteiger partial charge in [-0.25, -0.2) is 0 Å². The van der Waals surface area contributed by atoms with Crippen molar-refractivity contribution in [3.63, 3.8) is 0 Å².